The Morgan fingerprint density at radius 3 is 2.10 bits per heavy atom. The minimum Gasteiger partial charge on any atom is -0.390 e. The number of nitrogens with zero attached hydrogens (tertiary/aromatic N) is 2. The topological polar surface area (TPSA) is 102 Å². The number of aliphatic hydroxyl groups is 1. The molecule has 7 atom stereocenters. The van der Waals surface area contributed by atoms with Crippen LogP contribution in [-0.2, 0) is 14.4 Å². The highest BCUT2D eigenvalue weighted by molar-refractivity contribution is 5.83. The second-order valence-corrected chi connectivity index (χ2v) is 15.2. The number of nitrogens with one attached hydrogen (secondary N) is 2. The first-order valence-corrected chi connectivity index (χ1v) is 19.6. The normalized spacial score (nSPS) is 27.4. The third-order valence-corrected chi connectivity index (χ3v) is 10.8. The summed E-state index contributed by atoms with van der Waals surface area (Å²) in [5, 5.41) is 16.6. The third-order valence-electron chi connectivity index (χ3n) is 10.8. The van der Waals surface area contributed by atoms with E-state index in [-0.39, 0.29) is 67.7 Å². The number of hydrogen-bond acceptors (Lipinski definition) is 5. The molecule has 0 heterocycles. The fourth-order valence-corrected chi connectivity index (χ4v) is 8.41. The minimum atomic E-state index is -1.25. The van der Waals surface area contributed by atoms with E-state index in [4.69, 9.17) is 0 Å². The second kappa shape index (κ2) is 21.9. The molecule has 0 aromatic heterocycles. The average molecular weight is 693 g/mol. The zero-order valence-corrected chi connectivity index (χ0v) is 30.9. The Morgan fingerprint density at radius 1 is 0.837 bits per heavy atom. The number of unbranched alkanes of at least 4 members (excludes halogenated alkanes) is 1. The van der Waals surface area contributed by atoms with Crippen molar-refractivity contribution in [3.63, 3.8) is 0 Å². The van der Waals surface area contributed by atoms with Crippen LogP contribution in [0.2, 0.25) is 0 Å². The van der Waals surface area contributed by atoms with Gasteiger partial charge in [-0.05, 0) is 89.4 Å². The number of carbonyl (C=O) groups excluding carboxylic acids is 3. The number of alkyl halides is 2. The lowest BCUT2D eigenvalue weighted by molar-refractivity contribution is -0.139. The monoisotopic (exact) mass is 693 g/mol. The predicted octanol–water partition coefficient (Wildman–Crippen LogP) is 6.51. The van der Waals surface area contributed by atoms with Gasteiger partial charge in [-0.15, -0.1) is 11.8 Å². The number of aliphatic hydroxyl groups excluding tert-OH is 1. The summed E-state index contributed by atoms with van der Waals surface area (Å²) in [5.41, 5.74) is 3.03. The van der Waals surface area contributed by atoms with Gasteiger partial charge in [0.25, 0.3) is 0 Å². The van der Waals surface area contributed by atoms with Gasteiger partial charge in [0.1, 0.15) is 12.3 Å². The predicted molar refractivity (Wildman–Crippen MR) is 190 cm³/mol. The van der Waals surface area contributed by atoms with Gasteiger partial charge in [-0.2, -0.15) is 0 Å². The summed E-state index contributed by atoms with van der Waals surface area (Å²) in [5.74, 6) is 5.09. The summed E-state index contributed by atoms with van der Waals surface area (Å²) in [4.78, 5) is 42.7. The molecule has 8 nitrogen and oxygen atoms in total. The number of amides is 3. The maximum absolute atomic E-state index is 14.5. The van der Waals surface area contributed by atoms with Crippen molar-refractivity contribution < 1.29 is 28.3 Å². The van der Waals surface area contributed by atoms with Crippen LogP contribution < -0.4 is 10.7 Å². The van der Waals surface area contributed by atoms with Gasteiger partial charge in [0, 0.05) is 56.8 Å². The molecular formula is C39H66F2N4O4. The molecule has 0 aromatic carbocycles. The molecule has 0 radical (unpaired) electrons. The highest BCUT2D eigenvalue weighted by Gasteiger charge is 2.39. The molecule has 7 unspecified atom stereocenters. The lowest BCUT2D eigenvalue weighted by atomic mass is 9.74. The van der Waals surface area contributed by atoms with Crippen LogP contribution in [0.15, 0.2) is 0 Å². The van der Waals surface area contributed by atoms with Crippen molar-refractivity contribution >= 4 is 17.7 Å². The van der Waals surface area contributed by atoms with E-state index in [1.807, 2.05) is 4.90 Å². The molecule has 3 aliphatic carbocycles. The van der Waals surface area contributed by atoms with Crippen LogP contribution in [0, 0.1) is 41.4 Å². The molecule has 0 aliphatic heterocycles. The molecule has 49 heavy (non-hydrogen) atoms. The van der Waals surface area contributed by atoms with Crippen LogP contribution in [-0.4, -0.2) is 83.4 Å². The zero-order chi connectivity index (χ0) is 35.8. The maximum atomic E-state index is 14.5. The maximum Gasteiger partial charge on any atom is 0.234 e. The number of rotatable bonds is 18. The zero-order valence-electron chi connectivity index (χ0n) is 30.9. The van der Waals surface area contributed by atoms with Gasteiger partial charge in [0.05, 0.1) is 12.1 Å². The number of hydrazine groups is 1. The van der Waals surface area contributed by atoms with E-state index in [9.17, 15) is 28.3 Å². The van der Waals surface area contributed by atoms with Gasteiger partial charge in [0.15, 0.2) is 0 Å². The van der Waals surface area contributed by atoms with Crippen LogP contribution in [0.5, 0.6) is 0 Å². The van der Waals surface area contributed by atoms with E-state index in [1.165, 1.54) is 6.42 Å². The number of hydrogen-bond donors (Lipinski definition) is 3. The van der Waals surface area contributed by atoms with E-state index in [1.54, 1.807) is 11.9 Å². The molecule has 3 saturated carbocycles. The Bertz CT molecular complexity index is 1060. The smallest absolute Gasteiger partial charge is 0.234 e. The first-order valence-electron chi connectivity index (χ1n) is 19.6. The van der Waals surface area contributed by atoms with Gasteiger partial charge in [0.2, 0.25) is 17.7 Å². The molecule has 3 fully saturated rings. The summed E-state index contributed by atoms with van der Waals surface area (Å²) in [6.07, 6.45) is 7.96. The molecule has 0 bridgehead atoms. The lowest BCUT2D eigenvalue weighted by Gasteiger charge is -2.37. The Hall–Kier alpha value is -2.25. The van der Waals surface area contributed by atoms with Crippen molar-refractivity contribution in [2.75, 3.05) is 26.2 Å². The quantitative estimate of drug-likeness (QED) is 0.112. The van der Waals surface area contributed by atoms with Crippen LogP contribution in [0.1, 0.15) is 137 Å². The minimum absolute atomic E-state index is 0.0650. The number of carbonyl (C=O) groups is 3. The largest absolute Gasteiger partial charge is 0.390 e. The fraction of sp³-hybridized carbons (Fsp3) is 0.872. The Morgan fingerprint density at radius 2 is 1.49 bits per heavy atom. The Labute approximate surface area is 295 Å². The van der Waals surface area contributed by atoms with E-state index >= 15 is 0 Å². The second-order valence-electron chi connectivity index (χ2n) is 15.2. The standard InChI is InChI=1S/C39H66F2N4O4/c1-5-9-18-45(43-37(47)24-28-14-11-10-12-15-28)27-36(46)35(23-30-21-33(40)26-34(41)22-30)42-38(48)31-19-29(13-6-2)20-32(25-31)39(49)44(16-7-3)17-8-4/h28-36,46H,5,7-12,14-27H2,1-4H3,(H,42,48)(H,43,47). The summed E-state index contributed by atoms with van der Waals surface area (Å²) < 4.78 is 29.0. The molecule has 3 amide bonds. The van der Waals surface area contributed by atoms with Gasteiger partial charge in [-0.1, -0.05) is 46.5 Å². The molecule has 10 heteroatoms. The SMILES string of the molecule is CC#CC1CC(C(=O)NC(CC2CC(F)CC(F)C2)C(O)CN(CCCC)NC(=O)CC2CCCCC2)CC(C(=O)N(CCC)CCC)C1. The van der Waals surface area contributed by atoms with Gasteiger partial charge < -0.3 is 15.3 Å². The van der Waals surface area contributed by atoms with Crippen LogP contribution in [0.4, 0.5) is 8.78 Å². The molecular weight excluding hydrogens is 626 g/mol. The third kappa shape index (κ3) is 14.1. The molecule has 3 aliphatic rings. The van der Waals surface area contributed by atoms with Crippen LogP contribution in [0.25, 0.3) is 0 Å². The molecule has 3 N–H and O–H groups in total. The molecule has 0 spiro atoms. The summed E-state index contributed by atoms with van der Waals surface area (Å²) >= 11 is 0. The summed E-state index contributed by atoms with van der Waals surface area (Å²) in [6, 6.07) is -0.766. The molecule has 3 rings (SSSR count). The van der Waals surface area contributed by atoms with Crippen molar-refractivity contribution in [2.45, 2.75) is 161 Å². The van der Waals surface area contributed by atoms with Crippen molar-refractivity contribution in [2.24, 2.45) is 29.6 Å². The fourth-order valence-electron chi connectivity index (χ4n) is 8.41. The summed E-state index contributed by atoms with van der Waals surface area (Å²) in [7, 11) is 0. The van der Waals surface area contributed by atoms with Crippen LogP contribution in [0.3, 0.4) is 0 Å². The highest BCUT2D eigenvalue weighted by Crippen LogP contribution is 2.36. The van der Waals surface area contributed by atoms with E-state index in [0.29, 0.717) is 51.2 Å². The van der Waals surface area contributed by atoms with Gasteiger partial charge in [-0.25, -0.2) is 13.8 Å². The lowest BCUT2D eigenvalue weighted by Crippen LogP contribution is -2.55. The number of halogens is 2. The van der Waals surface area contributed by atoms with Crippen molar-refractivity contribution in [1.29, 1.82) is 0 Å². The Kier molecular flexibility index (Phi) is 18.4. The van der Waals surface area contributed by atoms with Crippen molar-refractivity contribution in [1.82, 2.24) is 20.7 Å². The average Bonchev–Trinajstić information content (AvgIpc) is 3.06. The van der Waals surface area contributed by atoms with Crippen LogP contribution >= 0.6 is 0 Å². The van der Waals surface area contributed by atoms with Crippen molar-refractivity contribution in [3.05, 3.63) is 0 Å². The van der Waals surface area contributed by atoms with Gasteiger partial charge in [-0.3, -0.25) is 19.8 Å². The van der Waals surface area contributed by atoms with Gasteiger partial charge >= 0.3 is 0 Å². The molecule has 0 saturated heterocycles. The summed E-state index contributed by atoms with van der Waals surface area (Å²) in [6.45, 7) is 9.93. The van der Waals surface area contributed by atoms with E-state index in [2.05, 4.69) is 43.4 Å². The molecule has 0 aromatic rings. The first-order chi connectivity index (χ1) is 23.6. The highest BCUT2D eigenvalue weighted by atomic mass is 19.1. The van der Waals surface area contributed by atoms with E-state index in [0.717, 1.165) is 51.4 Å². The van der Waals surface area contributed by atoms with Crippen molar-refractivity contribution in [3.8, 4) is 11.8 Å². The van der Waals surface area contributed by atoms with E-state index < -0.39 is 30.4 Å². The first kappa shape index (κ1) is 41.2. The Balaban J connectivity index is 1.77. The molecule has 280 valence electrons.